The minimum absolute atomic E-state index is 0.0180. The second-order valence-corrected chi connectivity index (χ2v) is 5.11. The smallest absolute Gasteiger partial charge is 0.401 e. The number of hydrogen-bond donors (Lipinski definition) is 1. The molecule has 0 radical (unpaired) electrons. The molecule has 5 nitrogen and oxygen atoms in total. The number of rotatable bonds is 9. The van der Waals surface area contributed by atoms with Crippen molar-refractivity contribution in [3.63, 3.8) is 0 Å². The van der Waals surface area contributed by atoms with Crippen molar-refractivity contribution >= 4 is 11.9 Å². The zero-order chi connectivity index (χ0) is 15.7. The maximum absolute atomic E-state index is 12.4. The number of carbonyl (C=O) groups is 2. The molecule has 5 heteroatoms. The van der Waals surface area contributed by atoms with Gasteiger partial charge in [-0.2, -0.15) is 4.57 Å². The molecule has 21 heavy (non-hydrogen) atoms. The molecule has 0 saturated heterocycles. The van der Waals surface area contributed by atoms with Gasteiger partial charge in [-0.25, -0.2) is 4.79 Å². The Balaban J connectivity index is 2.78. The summed E-state index contributed by atoms with van der Waals surface area (Å²) >= 11 is 0. The van der Waals surface area contributed by atoms with Crippen LogP contribution in [-0.4, -0.2) is 35.0 Å². The highest BCUT2D eigenvalue weighted by atomic mass is 16.4. The van der Waals surface area contributed by atoms with Gasteiger partial charge in [-0.15, -0.1) is 0 Å². The first-order chi connectivity index (χ1) is 10.1. The molecule has 0 aromatic carbocycles. The van der Waals surface area contributed by atoms with Crippen LogP contribution in [0.4, 0.5) is 0 Å². The van der Waals surface area contributed by atoms with Crippen LogP contribution in [-0.2, 0) is 11.3 Å². The summed E-state index contributed by atoms with van der Waals surface area (Å²) < 4.78 is 1.50. The van der Waals surface area contributed by atoms with Crippen molar-refractivity contribution in [2.75, 3.05) is 13.1 Å². The van der Waals surface area contributed by atoms with E-state index in [1.807, 2.05) is 4.90 Å². The van der Waals surface area contributed by atoms with E-state index in [1.165, 1.54) is 10.6 Å². The van der Waals surface area contributed by atoms with Crippen LogP contribution in [0, 0.1) is 0 Å². The molecule has 0 aliphatic carbocycles. The van der Waals surface area contributed by atoms with Gasteiger partial charge in [-0.1, -0.05) is 26.7 Å². The van der Waals surface area contributed by atoms with Gasteiger partial charge in [0.2, 0.25) is 6.54 Å². The van der Waals surface area contributed by atoms with Gasteiger partial charge < -0.3 is 10.0 Å². The standard InChI is InChI=1S/C16H24N2O3/c1-3-5-10-17(11-6-4-2)15(19)13-18-12-8-7-9-14(18)16(20)21/h7-9,12H,3-6,10-11,13H2,1-2H3/p+1. The zero-order valence-electron chi connectivity index (χ0n) is 12.9. The number of carboxylic acids is 1. The van der Waals surface area contributed by atoms with E-state index < -0.39 is 5.97 Å². The van der Waals surface area contributed by atoms with Crippen molar-refractivity contribution in [2.24, 2.45) is 0 Å². The first kappa shape index (κ1) is 17.1. The van der Waals surface area contributed by atoms with Crippen molar-refractivity contribution < 1.29 is 19.3 Å². The third kappa shape index (κ3) is 5.53. The largest absolute Gasteiger partial charge is 0.473 e. The van der Waals surface area contributed by atoms with Crippen LogP contribution in [0.25, 0.3) is 0 Å². The number of hydrogen-bond acceptors (Lipinski definition) is 2. The lowest BCUT2D eigenvalue weighted by molar-refractivity contribution is -0.687. The van der Waals surface area contributed by atoms with Crippen LogP contribution in [0.5, 0.6) is 0 Å². The van der Waals surface area contributed by atoms with Gasteiger partial charge >= 0.3 is 5.97 Å². The number of amides is 1. The number of aromatic carboxylic acids is 1. The Morgan fingerprint density at radius 3 is 2.29 bits per heavy atom. The fraction of sp³-hybridized carbons (Fsp3) is 0.562. The zero-order valence-corrected chi connectivity index (χ0v) is 12.9. The molecule has 0 unspecified atom stereocenters. The molecule has 0 fully saturated rings. The molecular formula is C16H25N2O3+. The van der Waals surface area contributed by atoms with E-state index in [1.54, 1.807) is 18.3 Å². The van der Waals surface area contributed by atoms with Gasteiger partial charge in [-0.05, 0) is 18.9 Å². The van der Waals surface area contributed by atoms with Gasteiger partial charge in [0.05, 0.1) is 0 Å². The van der Waals surface area contributed by atoms with Gasteiger partial charge in [0.25, 0.3) is 11.6 Å². The maximum Gasteiger partial charge on any atom is 0.401 e. The molecule has 116 valence electrons. The molecule has 1 aromatic heterocycles. The van der Waals surface area contributed by atoms with Crippen molar-refractivity contribution in [2.45, 2.75) is 46.1 Å². The van der Waals surface area contributed by atoms with Crippen LogP contribution in [0.15, 0.2) is 24.4 Å². The fourth-order valence-electron chi connectivity index (χ4n) is 2.11. The molecule has 0 spiro atoms. The quantitative estimate of drug-likeness (QED) is 0.709. The number of pyridine rings is 1. The maximum atomic E-state index is 12.4. The average Bonchev–Trinajstić information content (AvgIpc) is 2.47. The number of carbonyl (C=O) groups excluding carboxylic acids is 1. The molecule has 1 amide bonds. The minimum Gasteiger partial charge on any atom is -0.473 e. The Morgan fingerprint density at radius 1 is 1.14 bits per heavy atom. The molecule has 0 bridgehead atoms. The third-order valence-electron chi connectivity index (χ3n) is 3.38. The highest BCUT2D eigenvalue weighted by Gasteiger charge is 2.23. The summed E-state index contributed by atoms with van der Waals surface area (Å²) in [4.78, 5) is 25.4. The van der Waals surface area contributed by atoms with Gasteiger partial charge in [0, 0.05) is 25.2 Å². The third-order valence-corrected chi connectivity index (χ3v) is 3.38. The molecular weight excluding hydrogens is 268 g/mol. The fourth-order valence-corrected chi connectivity index (χ4v) is 2.11. The average molecular weight is 293 g/mol. The Labute approximate surface area is 126 Å². The minimum atomic E-state index is -1.02. The number of nitrogens with zero attached hydrogens (tertiary/aromatic N) is 2. The van der Waals surface area contributed by atoms with Gasteiger partial charge in [-0.3, -0.25) is 4.79 Å². The van der Waals surface area contributed by atoms with Crippen LogP contribution in [0.2, 0.25) is 0 Å². The second kappa shape index (κ2) is 9.10. The molecule has 1 heterocycles. The molecule has 0 saturated carbocycles. The molecule has 0 atom stereocenters. The van der Waals surface area contributed by atoms with Crippen molar-refractivity contribution in [3.8, 4) is 0 Å². The van der Waals surface area contributed by atoms with Gasteiger partial charge in [0.1, 0.15) is 0 Å². The van der Waals surface area contributed by atoms with E-state index in [4.69, 9.17) is 5.11 Å². The van der Waals surface area contributed by atoms with E-state index in [0.717, 1.165) is 38.8 Å². The lowest BCUT2D eigenvalue weighted by atomic mass is 10.2. The molecule has 0 aliphatic rings. The Bertz CT molecular complexity index is 466. The van der Waals surface area contributed by atoms with Crippen LogP contribution >= 0.6 is 0 Å². The van der Waals surface area contributed by atoms with Crippen molar-refractivity contribution in [1.29, 1.82) is 0 Å². The number of unbranched alkanes of at least 4 members (excludes halogenated alkanes) is 2. The topological polar surface area (TPSA) is 61.5 Å². The van der Waals surface area contributed by atoms with Crippen LogP contribution < -0.4 is 4.57 Å². The number of carboxylic acid groups (broad SMARTS) is 1. The van der Waals surface area contributed by atoms with E-state index in [-0.39, 0.29) is 18.1 Å². The molecule has 0 aliphatic heterocycles. The van der Waals surface area contributed by atoms with Crippen LogP contribution in [0.3, 0.4) is 0 Å². The van der Waals surface area contributed by atoms with Gasteiger partial charge in [0.15, 0.2) is 6.20 Å². The van der Waals surface area contributed by atoms with E-state index in [2.05, 4.69) is 13.8 Å². The lowest BCUT2D eigenvalue weighted by Gasteiger charge is -2.21. The Hall–Kier alpha value is -1.91. The van der Waals surface area contributed by atoms with E-state index >= 15 is 0 Å². The second-order valence-electron chi connectivity index (χ2n) is 5.11. The molecule has 1 rings (SSSR count). The predicted octanol–water partition coefficient (Wildman–Crippen LogP) is 2.10. The summed E-state index contributed by atoms with van der Waals surface area (Å²) in [6.45, 7) is 5.75. The summed E-state index contributed by atoms with van der Waals surface area (Å²) in [6.07, 6.45) is 5.66. The van der Waals surface area contributed by atoms with Crippen molar-refractivity contribution in [1.82, 2.24) is 4.90 Å². The summed E-state index contributed by atoms with van der Waals surface area (Å²) in [7, 11) is 0. The van der Waals surface area contributed by atoms with E-state index in [0.29, 0.717) is 0 Å². The highest BCUT2D eigenvalue weighted by molar-refractivity contribution is 5.83. The predicted molar refractivity (Wildman–Crippen MR) is 80.0 cm³/mol. The Kier molecular flexibility index (Phi) is 7.43. The first-order valence-corrected chi connectivity index (χ1v) is 7.59. The molecule has 1 N–H and O–H groups in total. The monoisotopic (exact) mass is 293 g/mol. The Morgan fingerprint density at radius 2 is 1.76 bits per heavy atom. The van der Waals surface area contributed by atoms with E-state index in [9.17, 15) is 9.59 Å². The number of aromatic nitrogens is 1. The summed E-state index contributed by atoms with van der Waals surface area (Å²) in [5, 5.41) is 9.15. The highest BCUT2D eigenvalue weighted by Crippen LogP contribution is 2.01. The summed E-state index contributed by atoms with van der Waals surface area (Å²) in [6, 6.07) is 4.91. The van der Waals surface area contributed by atoms with Crippen LogP contribution in [0.1, 0.15) is 50.0 Å². The summed E-state index contributed by atoms with van der Waals surface area (Å²) in [5.41, 5.74) is 0.136. The SMILES string of the molecule is CCCCN(CCCC)C(=O)C[n+]1ccccc1C(=O)O. The summed E-state index contributed by atoms with van der Waals surface area (Å²) in [5.74, 6) is -1.03. The van der Waals surface area contributed by atoms with Crippen molar-refractivity contribution in [3.05, 3.63) is 30.1 Å². The first-order valence-electron chi connectivity index (χ1n) is 7.59. The lowest BCUT2D eigenvalue weighted by Crippen LogP contribution is -2.48. The normalized spacial score (nSPS) is 10.4. The molecule has 1 aromatic rings.